The largest absolute Gasteiger partial charge is 0.493 e. The predicted molar refractivity (Wildman–Crippen MR) is 134 cm³/mol. The van der Waals surface area contributed by atoms with Gasteiger partial charge in [0.15, 0.2) is 11.5 Å². The molecule has 3 aromatic carbocycles. The van der Waals surface area contributed by atoms with Gasteiger partial charge in [0.2, 0.25) is 5.91 Å². The van der Waals surface area contributed by atoms with E-state index >= 15 is 0 Å². The third kappa shape index (κ3) is 7.19. The fourth-order valence-corrected chi connectivity index (χ4v) is 3.81. The lowest BCUT2D eigenvalue weighted by Gasteiger charge is -2.14. The molecule has 0 atom stereocenters. The van der Waals surface area contributed by atoms with E-state index in [0.29, 0.717) is 21.5 Å². The molecule has 6 heteroatoms. The minimum atomic E-state index is -0.325. The molecule has 0 spiro atoms. The topological polar surface area (TPSA) is 47.6 Å². The number of benzene rings is 3. The molecule has 1 amide bonds. The van der Waals surface area contributed by atoms with Gasteiger partial charge in [-0.15, -0.1) is 0 Å². The Morgan fingerprint density at radius 1 is 1.12 bits per heavy atom. The van der Waals surface area contributed by atoms with E-state index in [2.05, 4.69) is 28.2 Å². The molecular formula is C27H27BrFNO3. The SMILES string of the molecule is CCCCc1ccc(NC(=O)/C=C/c2cc(Br)c(OCc3ccccc3F)c(OC)c2)cc1. The molecule has 1 N–H and O–H groups in total. The highest BCUT2D eigenvalue weighted by molar-refractivity contribution is 9.10. The molecule has 3 aromatic rings. The van der Waals surface area contributed by atoms with E-state index < -0.39 is 0 Å². The maximum atomic E-state index is 13.9. The molecule has 0 fully saturated rings. The van der Waals surface area contributed by atoms with E-state index in [-0.39, 0.29) is 18.3 Å². The molecule has 0 aromatic heterocycles. The van der Waals surface area contributed by atoms with Crippen LogP contribution in [0.5, 0.6) is 11.5 Å². The Hall–Kier alpha value is -3.12. The van der Waals surface area contributed by atoms with Crippen LogP contribution in [0.25, 0.3) is 6.08 Å². The number of aryl methyl sites for hydroxylation is 1. The molecule has 0 aliphatic carbocycles. The van der Waals surface area contributed by atoms with Crippen molar-refractivity contribution < 1.29 is 18.7 Å². The molecule has 0 unspecified atom stereocenters. The molecule has 0 saturated heterocycles. The zero-order valence-electron chi connectivity index (χ0n) is 18.7. The number of hydrogen-bond donors (Lipinski definition) is 1. The lowest BCUT2D eigenvalue weighted by atomic mass is 10.1. The predicted octanol–water partition coefficient (Wildman–Crippen LogP) is 7.17. The van der Waals surface area contributed by atoms with Crippen molar-refractivity contribution in [1.82, 2.24) is 0 Å². The van der Waals surface area contributed by atoms with Crippen LogP contribution in [-0.2, 0) is 17.8 Å². The normalized spacial score (nSPS) is 10.9. The van der Waals surface area contributed by atoms with Crippen LogP contribution in [0.4, 0.5) is 10.1 Å². The first-order valence-electron chi connectivity index (χ1n) is 10.8. The maximum Gasteiger partial charge on any atom is 0.248 e. The Bertz CT molecular complexity index is 1110. The number of nitrogens with one attached hydrogen (secondary N) is 1. The Labute approximate surface area is 202 Å². The molecule has 3 rings (SSSR count). The van der Waals surface area contributed by atoms with Crippen LogP contribution >= 0.6 is 15.9 Å². The average molecular weight is 512 g/mol. The van der Waals surface area contributed by atoms with Crippen LogP contribution in [0, 0.1) is 5.82 Å². The zero-order chi connectivity index (χ0) is 23.6. The summed E-state index contributed by atoms with van der Waals surface area (Å²) in [6.07, 6.45) is 6.51. The van der Waals surface area contributed by atoms with Crippen molar-refractivity contribution in [3.05, 3.63) is 93.7 Å². The number of halogens is 2. The first-order valence-corrected chi connectivity index (χ1v) is 11.6. The quantitative estimate of drug-likeness (QED) is 0.293. The van der Waals surface area contributed by atoms with E-state index in [1.807, 2.05) is 30.3 Å². The standard InChI is InChI=1S/C27H27BrFNO3/c1-3-4-7-19-10-13-22(14-11-19)30-26(31)15-12-20-16-23(28)27(25(17-20)32-2)33-18-21-8-5-6-9-24(21)29/h5-6,8-17H,3-4,7,18H2,1-2H3,(H,30,31)/b15-12+. The second kappa shape index (κ2) is 12.2. The fourth-order valence-electron chi connectivity index (χ4n) is 3.23. The fraction of sp³-hybridized carbons (Fsp3) is 0.222. The van der Waals surface area contributed by atoms with Crippen LogP contribution in [-0.4, -0.2) is 13.0 Å². The van der Waals surface area contributed by atoms with Crippen LogP contribution < -0.4 is 14.8 Å². The van der Waals surface area contributed by atoms with Gasteiger partial charge < -0.3 is 14.8 Å². The molecule has 0 heterocycles. The van der Waals surface area contributed by atoms with Gasteiger partial charge in [0.05, 0.1) is 11.6 Å². The molecule has 0 aliphatic rings. The van der Waals surface area contributed by atoms with E-state index in [0.717, 1.165) is 30.5 Å². The van der Waals surface area contributed by atoms with Gasteiger partial charge in [-0.05, 0) is 76.3 Å². The van der Waals surface area contributed by atoms with Crippen molar-refractivity contribution in [3.8, 4) is 11.5 Å². The van der Waals surface area contributed by atoms with Crippen LogP contribution in [0.15, 0.2) is 71.2 Å². The molecule has 172 valence electrons. The first-order chi connectivity index (χ1) is 16.0. The molecule has 33 heavy (non-hydrogen) atoms. The second-order valence-corrected chi connectivity index (χ2v) is 8.39. The van der Waals surface area contributed by atoms with Crippen molar-refractivity contribution in [2.75, 3.05) is 12.4 Å². The summed E-state index contributed by atoms with van der Waals surface area (Å²) in [5.41, 5.74) is 3.22. The van der Waals surface area contributed by atoms with Crippen molar-refractivity contribution in [2.24, 2.45) is 0 Å². The first kappa shape index (κ1) is 24.5. The molecular weight excluding hydrogens is 485 g/mol. The molecule has 0 radical (unpaired) electrons. The van der Waals surface area contributed by atoms with Gasteiger partial charge in [-0.3, -0.25) is 4.79 Å². The number of ether oxygens (including phenoxy) is 2. The lowest BCUT2D eigenvalue weighted by molar-refractivity contribution is -0.111. The van der Waals surface area contributed by atoms with Gasteiger partial charge in [0.1, 0.15) is 12.4 Å². The van der Waals surface area contributed by atoms with E-state index in [1.54, 1.807) is 30.3 Å². The summed E-state index contributed by atoms with van der Waals surface area (Å²) in [5, 5.41) is 2.86. The highest BCUT2D eigenvalue weighted by Crippen LogP contribution is 2.37. The van der Waals surface area contributed by atoms with Crippen molar-refractivity contribution in [3.63, 3.8) is 0 Å². The van der Waals surface area contributed by atoms with E-state index in [1.165, 1.54) is 24.8 Å². The van der Waals surface area contributed by atoms with Gasteiger partial charge in [-0.1, -0.05) is 43.7 Å². The van der Waals surface area contributed by atoms with Crippen molar-refractivity contribution >= 4 is 33.6 Å². The van der Waals surface area contributed by atoms with Gasteiger partial charge in [0.25, 0.3) is 0 Å². The number of amides is 1. The summed E-state index contributed by atoms with van der Waals surface area (Å²) in [6, 6.07) is 17.9. The number of anilines is 1. The van der Waals surface area contributed by atoms with Gasteiger partial charge in [-0.25, -0.2) is 4.39 Å². The molecule has 0 saturated carbocycles. The molecule has 0 bridgehead atoms. The Kier molecular flexibility index (Phi) is 9.07. The average Bonchev–Trinajstić information content (AvgIpc) is 2.82. The highest BCUT2D eigenvalue weighted by atomic mass is 79.9. The molecule has 4 nitrogen and oxygen atoms in total. The minimum absolute atomic E-state index is 0.0659. The van der Waals surface area contributed by atoms with Gasteiger partial charge in [0, 0.05) is 17.3 Å². The third-order valence-corrected chi connectivity index (χ3v) is 5.64. The van der Waals surface area contributed by atoms with E-state index in [4.69, 9.17) is 9.47 Å². The monoisotopic (exact) mass is 511 g/mol. The summed E-state index contributed by atoms with van der Waals surface area (Å²) >= 11 is 3.48. The molecule has 0 aliphatic heterocycles. The van der Waals surface area contributed by atoms with Crippen LogP contribution in [0.2, 0.25) is 0 Å². The highest BCUT2D eigenvalue weighted by Gasteiger charge is 2.12. The van der Waals surface area contributed by atoms with Crippen LogP contribution in [0.1, 0.15) is 36.5 Å². The summed E-state index contributed by atoms with van der Waals surface area (Å²) in [4.78, 5) is 12.3. The smallest absolute Gasteiger partial charge is 0.248 e. The van der Waals surface area contributed by atoms with Gasteiger partial charge >= 0.3 is 0 Å². The van der Waals surface area contributed by atoms with E-state index in [9.17, 15) is 9.18 Å². The summed E-state index contributed by atoms with van der Waals surface area (Å²) in [7, 11) is 1.53. The summed E-state index contributed by atoms with van der Waals surface area (Å²) in [6.45, 7) is 2.23. The Balaban J connectivity index is 1.64. The number of hydrogen-bond acceptors (Lipinski definition) is 3. The van der Waals surface area contributed by atoms with Crippen molar-refractivity contribution in [2.45, 2.75) is 32.8 Å². The number of unbranched alkanes of at least 4 members (excludes halogenated alkanes) is 1. The number of rotatable bonds is 10. The lowest BCUT2D eigenvalue weighted by Crippen LogP contribution is -2.07. The number of carbonyl (C=O) groups excluding carboxylic acids is 1. The second-order valence-electron chi connectivity index (χ2n) is 7.54. The maximum absolute atomic E-state index is 13.9. The van der Waals surface area contributed by atoms with Crippen molar-refractivity contribution in [1.29, 1.82) is 0 Å². The minimum Gasteiger partial charge on any atom is -0.493 e. The number of carbonyl (C=O) groups is 1. The number of methoxy groups -OCH3 is 1. The third-order valence-electron chi connectivity index (χ3n) is 5.05. The summed E-state index contributed by atoms with van der Waals surface area (Å²) in [5.74, 6) is 0.383. The zero-order valence-corrected chi connectivity index (χ0v) is 20.3. The van der Waals surface area contributed by atoms with Gasteiger partial charge in [-0.2, -0.15) is 0 Å². The van der Waals surface area contributed by atoms with Crippen LogP contribution in [0.3, 0.4) is 0 Å². The summed E-state index contributed by atoms with van der Waals surface area (Å²) < 4.78 is 25.8. The Morgan fingerprint density at radius 3 is 2.58 bits per heavy atom. The Morgan fingerprint density at radius 2 is 1.88 bits per heavy atom.